The first-order valence-corrected chi connectivity index (χ1v) is 6.98. The van der Waals surface area contributed by atoms with Crippen LogP contribution in [-0.2, 0) is 6.54 Å². The Labute approximate surface area is 128 Å². The van der Waals surface area contributed by atoms with Crippen molar-refractivity contribution >= 4 is 11.6 Å². The van der Waals surface area contributed by atoms with E-state index in [1.54, 1.807) is 12.1 Å². The fraction of sp³-hybridized carbons (Fsp3) is 0.250. The second-order valence-electron chi connectivity index (χ2n) is 5.00. The molecule has 1 atom stereocenters. The highest BCUT2D eigenvalue weighted by molar-refractivity contribution is 6.30. The minimum absolute atomic E-state index is 0.193. The highest BCUT2D eigenvalue weighted by atomic mass is 35.5. The van der Waals surface area contributed by atoms with E-state index < -0.39 is 5.82 Å². The number of hydrogen-bond donors (Lipinski definition) is 1. The van der Waals surface area contributed by atoms with Gasteiger partial charge in [0.1, 0.15) is 11.6 Å². The molecule has 2 aromatic rings. The minimum Gasteiger partial charge on any atom is -0.329 e. The zero-order valence-corrected chi connectivity index (χ0v) is 12.4. The molecule has 0 saturated heterocycles. The van der Waals surface area contributed by atoms with Gasteiger partial charge in [-0.2, -0.15) is 0 Å². The van der Waals surface area contributed by atoms with Crippen molar-refractivity contribution in [3.8, 4) is 0 Å². The standard InChI is InChI=1S/C16H17ClF2N2/c1-21(10-11-3-2-4-14(18)5-11)16(9-20)12-6-13(17)8-15(19)7-12/h2-8,16H,9-10,20H2,1H3. The van der Waals surface area contributed by atoms with E-state index in [2.05, 4.69) is 0 Å². The molecular formula is C16H17ClF2N2. The zero-order chi connectivity index (χ0) is 15.4. The van der Waals surface area contributed by atoms with E-state index in [0.717, 1.165) is 5.56 Å². The Balaban J connectivity index is 2.20. The van der Waals surface area contributed by atoms with Crippen molar-refractivity contribution in [2.24, 2.45) is 5.73 Å². The molecule has 0 aliphatic heterocycles. The van der Waals surface area contributed by atoms with Gasteiger partial charge in [0.15, 0.2) is 0 Å². The maximum absolute atomic E-state index is 13.5. The molecular weight excluding hydrogens is 294 g/mol. The Morgan fingerprint density at radius 2 is 1.90 bits per heavy atom. The summed E-state index contributed by atoms with van der Waals surface area (Å²) in [6.07, 6.45) is 0. The van der Waals surface area contributed by atoms with Crippen LogP contribution in [0.5, 0.6) is 0 Å². The molecule has 0 amide bonds. The van der Waals surface area contributed by atoms with Gasteiger partial charge in [0.2, 0.25) is 0 Å². The molecule has 2 nitrogen and oxygen atoms in total. The van der Waals surface area contributed by atoms with Crippen molar-refractivity contribution in [2.45, 2.75) is 12.6 Å². The Hall–Kier alpha value is -1.49. The average molecular weight is 311 g/mol. The van der Waals surface area contributed by atoms with Gasteiger partial charge in [0, 0.05) is 24.2 Å². The summed E-state index contributed by atoms with van der Waals surface area (Å²) in [7, 11) is 1.86. The van der Waals surface area contributed by atoms with Crippen LogP contribution in [0.3, 0.4) is 0 Å². The summed E-state index contributed by atoms with van der Waals surface area (Å²) in [5.74, 6) is -0.672. The van der Waals surface area contributed by atoms with Gasteiger partial charge in [0.25, 0.3) is 0 Å². The number of likely N-dealkylation sites (N-methyl/N-ethyl adjacent to an activating group) is 1. The van der Waals surface area contributed by atoms with E-state index in [4.69, 9.17) is 17.3 Å². The second kappa shape index (κ2) is 6.98. The van der Waals surface area contributed by atoms with E-state index in [-0.39, 0.29) is 11.9 Å². The molecule has 0 bridgehead atoms. The predicted octanol–water partition coefficient (Wildman–Crippen LogP) is 3.75. The number of halogens is 3. The highest BCUT2D eigenvalue weighted by Gasteiger charge is 2.17. The lowest BCUT2D eigenvalue weighted by Gasteiger charge is -2.27. The molecule has 1 unspecified atom stereocenters. The van der Waals surface area contributed by atoms with Crippen molar-refractivity contribution in [3.05, 3.63) is 70.2 Å². The SMILES string of the molecule is CN(Cc1cccc(F)c1)C(CN)c1cc(F)cc(Cl)c1. The third-order valence-corrected chi connectivity index (χ3v) is 3.56. The topological polar surface area (TPSA) is 29.3 Å². The normalized spacial score (nSPS) is 12.7. The van der Waals surface area contributed by atoms with E-state index in [1.165, 1.54) is 24.3 Å². The Morgan fingerprint density at radius 3 is 2.52 bits per heavy atom. The summed E-state index contributed by atoms with van der Waals surface area (Å²) in [6, 6.07) is 10.6. The summed E-state index contributed by atoms with van der Waals surface area (Å²) >= 11 is 5.89. The van der Waals surface area contributed by atoms with E-state index >= 15 is 0 Å². The van der Waals surface area contributed by atoms with E-state index in [9.17, 15) is 8.78 Å². The number of rotatable bonds is 5. The molecule has 2 aromatic carbocycles. The largest absolute Gasteiger partial charge is 0.329 e. The Kier molecular flexibility index (Phi) is 5.28. The molecule has 0 fully saturated rings. The first-order chi connectivity index (χ1) is 9.99. The summed E-state index contributed by atoms with van der Waals surface area (Å²) in [6.45, 7) is 0.819. The van der Waals surface area contributed by atoms with Crippen LogP contribution >= 0.6 is 11.6 Å². The van der Waals surface area contributed by atoms with Crippen molar-refractivity contribution in [2.75, 3.05) is 13.6 Å². The molecule has 0 saturated carbocycles. The van der Waals surface area contributed by atoms with Gasteiger partial charge >= 0.3 is 0 Å². The lowest BCUT2D eigenvalue weighted by Crippen LogP contribution is -2.30. The third-order valence-electron chi connectivity index (χ3n) is 3.35. The van der Waals surface area contributed by atoms with Crippen LogP contribution in [0.2, 0.25) is 5.02 Å². The van der Waals surface area contributed by atoms with Crippen LogP contribution in [0.15, 0.2) is 42.5 Å². The van der Waals surface area contributed by atoms with Gasteiger partial charge in [-0.3, -0.25) is 4.90 Å². The number of benzene rings is 2. The highest BCUT2D eigenvalue weighted by Crippen LogP contribution is 2.24. The van der Waals surface area contributed by atoms with Gasteiger partial charge < -0.3 is 5.73 Å². The molecule has 0 aliphatic carbocycles. The van der Waals surface area contributed by atoms with Crippen molar-refractivity contribution in [1.82, 2.24) is 4.90 Å². The van der Waals surface area contributed by atoms with Gasteiger partial charge in [0.05, 0.1) is 0 Å². The number of nitrogens with two attached hydrogens (primary N) is 1. The molecule has 0 spiro atoms. The molecule has 5 heteroatoms. The quantitative estimate of drug-likeness (QED) is 0.911. The van der Waals surface area contributed by atoms with Crippen LogP contribution in [-0.4, -0.2) is 18.5 Å². The Bertz CT molecular complexity index is 599. The lowest BCUT2D eigenvalue weighted by molar-refractivity contribution is 0.241. The van der Waals surface area contributed by atoms with Crippen molar-refractivity contribution < 1.29 is 8.78 Å². The third kappa shape index (κ3) is 4.24. The van der Waals surface area contributed by atoms with Crippen LogP contribution < -0.4 is 5.73 Å². The molecule has 0 radical (unpaired) electrons. The van der Waals surface area contributed by atoms with Crippen molar-refractivity contribution in [1.29, 1.82) is 0 Å². The predicted molar refractivity (Wildman–Crippen MR) is 81.1 cm³/mol. The van der Waals surface area contributed by atoms with E-state index in [1.807, 2.05) is 18.0 Å². The van der Waals surface area contributed by atoms with Crippen LogP contribution in [0.1, 0.15) is 17.2 Å². The maximum atomic E-state index is 13.5. The molecule has 2 rings (SSSR count). The fourth-order valence-corrected chi connectivity index (χ4v) is 2.60. The minimum atomic E-state index is -0.393. The summed E-state index contributed by atoms with van der Waals surface area (Å²) in [5.41, 5.74) is 7.35. The van der Waals surface area contributed by atoms with E-state index in [0.29, 0.717) is 23.7 Å². The summed E-state index contributed by atoms with van der Waals surface area (Å²) < 4.78 is 26.7. The van der Waals surface area contributed by atoms with Crippen LogP contribution in [0.4, 0.5) is 8.78 Å². The Morgan fingerprint density at radius 1 is 1.14 bits per heavy atom. The number of nitrogens with zero attached hydrogens (tertiary/aromatic N) is 1. The second-order valence-corrected chi connectivity index (χ2v) is 5.44. The molecule has 2 N–H and O–H groups in total. The first kappa shape index (κ1) is 15.9. The molecule has 0 aliphatic rings. The fourth-order valence-electron chi connectivity index (χ4n) is 2.37. The maximum Gasteiger partial charge on any atom is 0.125 e. The molecule has 0 heterocycles. The lowest BCUT2D eigenvalue weighted by atomic mass is 10.0. The van der Waals surface area contributed by atoms with Gasteiger partial charge in [-0.1, -0.05) is 23.7 Å². The molecule has 21 heavy (non-hydrogen) atoms. The van der Waals surface area contributed by atoms with Crippen molar-refractivity contribution in [3.63, 3.8) is 0 Å². The van der Waals surface area contributed by atoms with Gasteiger partial charge in [-0.15, -0.1) is 0 Å². The van der Waals surface area contributed by atoms with Gasteiger partial charge in [-0.05, 0) is 48.5 Å². The number of hydrogen-bond acceptors (Lipinski definition) is 2. The average Bonchev–Trinajstić information content (AvgIpc) is 2.38. The van der Waals surface area contributed by atoms with Crippen LogP contribution in [0, 0.1) is 11.6 Å². The molecule has 112 valence electrons. The van der Waals surface area contributed by atoms with Crippen LogP contribution in [0.25, 0.3) is 0 Å². The smallest absolute Gasteiger partial charge is 0.125 e. The first-order valence-electron chi connectivity index (χ1n) is 6.60. The summed E-state index contributed by atoms with van der Waals surface area (Å²) in [4.78, 5) is 1.94. The zero-order valence-electron chi connectivity index (χ0n) is 11.7. The summed E-state index contributed by atoms with van der Waals surface area (Å²) in [5, 5.41) is 0.336. The van der Waals surface area contributed by atoms with Gasteiger partial charge in [-0.25, -0.2) is 8.78 Å². The molecule has 0 aromatic heterocycles. The monoisotopic (exact) mass is 310 g/mol.